The van der Waals surface area contributed by atoms with Gasteiger partial charge in [0.1, 0.15) is 5.75 Å². The second kappa shape index (κ2) is 7.76. The highest BCUT2D eigenvalue weighted by Crippen LogP contribution is 2.30. The molecule has 0 bridgehead atoms. The Balaban J connectivity index is 1.50. The number of hydrogen-bond acceptors (Lipinski definition) is 3. The minimum absolute atomic E-state index is 0.0450. The summed E-state index contributed by atoms with van der Waals surface area (Å²) in [6.07, 6.45) is 1.91. The summed E-state index contributed by atoms with van der Waals surface area (Å²) in [6, 6.07) is 11.7. The molecular weight excluding hydrogens is 363 g/mol. The van der Waals surface area contributed by atoms with Crippen molar-refractivity contribution >= 4 is 46.4 Å². The van der Waals surface area contributed by atoms with Crippen molar-refractivity contribution in [2.75, 3.05) is 17.2 Å². The lowest BCUT2D eigenvalue weighted by molar-refractivity contribution is -0.118. The van der Waals surface area contributed by atoms with Gasteiger partial charge in [-0.1, -0.05) is 23.2 Å². The van der Waals surface area contributed by atoms with E-state index in [-0.39, 0.29) is 24.3 Å². The molecule has 130 valence electrons. The zero-order valence-corrected chi connectivity index (χ0v) is 14.7. The van der Waals surface area contributed by atoms with Crippen LogP contribution in [0.3, 0.4) is 0 Å². The first-order chi connectivity index (χ1) is 12.0. The number of rotatable bonds is 6. The maximum absolute atomic E-state index is 12.0. The lowest BCUT2D eigenvalue weighted by Gasteiger charge is -2.10. The molecule has 5 nitrogen and oxygen atoms in total. The molecule has 1 aliphatic carbocycles. The Hall–Kier alpha value is -2.24. The number of nitrogens with one attached hydrogen (secondary N) is 2. The van der Waals surface area contributed by atoms with E-state index < -0.39 is 0 Å². The number of anilines is 2. The van der Waals surface area contributed by atoms with Crippen LogP contribution in [0.4, 0.5) is 11.4 Å². The Morgan fingerprint density at radius 1 is 1.00 bits per heavy atom. The van der Waals surface area contributed by atoms with Gasteiger partial charge in [-0.2, -0.15) is 0 Å². The lowest BCUT2D eigenvalue weighted by atomic mass is 10.2. The monoisotopic (exact) mass is 378 g/mol. The van der Waals surface area contributed by atoms with Crippen molar-refractivity contribution in [3.8, 4) is 5.75 Å². The fraction of sp³-hybridized carbons (Fsp3) is 0.222. The Morgan fingerprint density at radius 3 is 2.28 bits per heavy atom. The van der Waals surface area contributed by atoms with Crippen molar-refractivity contribution in [3.05, 3.63) is 52.5 Å². The van der Waals surface area contributed by atoms with Crippen LogP contribution in [0.5, 0.6) is 5.75 Å². The maximum atomic E-state index is 12.0. The average Bonchev–Trinajstić information content (AvgIpc) is 3.42. The minimum Gasteiger partial charge on any atom is -0.482 e. The van der Waals surface area contributed by atoms with Gasteiger partial charge in [0.2, 0.25) is 5.91 Å². The molecule has 25 heavy (non-hydrogen) atoms. The molecule has 0 aliphatic heterocycles. The molecule has 2 N–H and O–H groups in total. The summed E-state index contributed by atoms with van der Waals surface area (Å²) in [5.74, 6) is 0.215. The second-order valence-electron chi connectivity index (χ2n) is 5.75. The number of carbonyl (C=O) groups is 2. The summed E-state index contributed by atoms with van der Waals surface area (Å²) in [5, 5.41) is 6.41. The quantitative estimate of drug-likeness (QED) is 0.784. The molecular formula is C18H16Cl2N2O3. The van der Waals surface area contributed by atoms with Crippen molar-refractivity contribution in [1.82, 2.24) is 0 Å². The number of halogens is 2. The summed E-state index contributed by atoms with van der Waals surface area (Å²) < 4.78 is 5.38. The highest BCUT2D eigenvalue weighted by molar-refractivity contribution is 6.34. The van der Waals surface area contributed by atoms with Gasteiger partial charge in [0.25, 0.3) is 5.91 Å². The predicted octanol–water partition coefficient (Wildman–Crippen LogP) is 4.36. The molecule has 0 radical (unpaired) electrons. The van der Waals surface area contributed by atoms with E-state index in [9.17, 15) is 9.59 Å². The highest BCUT2D eigenvalue weighted by Gasteiger charge is 2.29. The molecule has 0 heterocycles. The van der Waals surface area contributed by atoms with E-state index >= 15 is 0 Å². The summed E-state index contributed by atoms with van der Waals surface area (Å²) in [6.45, 7) is -0.194. The third-order valence-electron chi connectivity index (χ3n) is 3.64. The lowest BCUT2D eigenvalue weighted by Crippen LogP contribution is -2.20. The number of hydrogen-bond donors (Lipinski definition) is 2. The second-order valence-corrected chi connectivity index (χ2v) is 6.60. The van der Waals surface area contributed by atoms with Gasteiger partial charge in [-0.3, -0.25) is 9.59 Å². The van der Waals surface area contributed by atoms with E-state index in [4.69, 9.17) is 27.9 Å². The molecule has 0 saturated heterocycles. The first kappa shape index (κ1) is 17.6. The molecule has 0 atom stereocenters. The topological polar surface area (TPSA) is 67.4 Å². The smallest absolute Gasteiger partial charge is 0.262 e. The minimum atomic E-state index is -0.328. The Kier molecular flexibility index (Phi) is 5.46. The molecule has 1 aliphatic rings. The molecule has 0 unspecified atom stereocenters. The van der Waals surface area contributed by atoms with E-state index in [1.807, 2.05) is 0 Å². The van der Waals surface area contributed by atoms with Gasteiger partial charge >= 0.3 is 0 Å². The van der Waals surface area contributed by atoms with Gasteiger partial charge in [0.15, 0.2) is 6.61 Å². The number of ether oxygens (including phenoxy) is 1. The first-order valence-electron chi connectivity index (χ1n) is 7.80. The predicted molar refractivity (Wildman–Crippen MR) is 98.4 cm³/mol. The summed E-state index contributed by atoms with van der Waals surface area (Å²) in [4.78, 5) is 23.7. The maximum Gasteiger partial charge on any atom is 0.262 e. The standard InChI is InChI=1S/C18H16Cl2N2O3/c19-12-3-8-15(20)16(9-12)25-10-17(23)21-13-4-6-14(7-5-13)22-18(24)11-1-2-11/h3-9,11H,1-2,10H2,(H,21,23)(H,22,24). The Bertz CT molecular complexity index is 789. The molecule has 0 aromatic heterocycles. The van der Waals surface area contributed by atoms with Crippen molar-refractivity contribution in [3.63, 3.8) is 0 Å². The number of carbonyl (C=O) groups excluding carboxylic acids is 2. The van der Waals surface area contributed by atoms with Gasteiger partial charge in [0, 0.05) is 28.4 Å². The van der Waals surface area contributed by atoms with Crippen LogP contribution in [0, 0.1) is 5.92 Å². The van der Waals surface area contributed by atoms with Gasteiger partial charge < -0.3 is 15.4 Å². The Morgan fingerprint density at radius 2 is 1.64 bits per heavy atom. The zero-order valence-electron chi connectivity index (χ0n) is 13.2. The van der Waals surface area contributed by atoms with Crippen LogP contribution in [0.15, 0.2) is 42.5 Å². The van der Waals surface area contributed by atoms with Gasteiger partial charge in [-0.15, -0.1) is 0 Å². The molecule has 7 heteroatoms. The van der Waals surface area contributed by atoms with Gasteiger partial charge in [-0.05, 0) is 49.2 Å². The van der Waals surface area contributed by atoms with Gasteiger partial charge in [-0.25, -0.2) is 0 Å². The van der Waals surface area contributed by atoms with Crippen LogP contribution in [-0.2, 0) is 9.59 Å². The van der Waals surface area contributed by atoms with E-state index in [0.29, 0.717) is 27.2 Å². The largest absolute Gasteiger partial charge is 0.482 e. The molecule has 2 amide bonds. The van der Waals surface area contributed by atoms with Crippen molar-refractivity contribution in [2.24, 2.45) is 5.92 Å². The van der Waals surface area contributed by atoms with E-state index in [1.54, 1.807) is 42.5 Å². The molecule has 3 rings (SSSR count). The van der Waals surface area contributed by atoms with E-state index in [2.05, 4.69) is 10.6 Å². The third-order valence-corrected chi connectivity index (χ3v) is 4.18. The van der Waals surface area contributed by atoms with E-state index in [1.165, 1.54) is 0 Å². The normalized spacial score (nSPS) is 13.2. The van der Waals surface area contributed by atoms with Gasteiger partial charge in [0.05, 0.1) is 5.02 Å². The van der Waals surface area contributed by atoms with Crippen LogP contribution in [0.2, 0.25) is 10.0 Å². The number of benzene rings is 2. The average molecular weight is 379 g/mol. The van der Waals surface area contributed by atoms with Crippen LogP contribution >= 0.6 is 23.2 Å². The molecule has 2 aromatic carbocycles. The van der Waals surface area contributed by atoms with Crippen LogP contribution in [0.1, 0.15) is 12.8 Å². The van der Waals surface area contributed by atoms with Crippen LogP contribution in [-0.4, -0.2) is 18.4 Å². The number of amides is 2. The van der Waals surface area contributed by atoms with Crippen LogP contribution in [0.25, 0.3) is 0 Å². The Labute approximate surface area is 155 Å². The van der Waals surface area contributed by atoms with Crippen LogP contribution < -0.4 is 15.4 Å². The van der Waals surface area contributed by atoms with E-state index in [0.717, 1.165) is 12.8 Å². The molecule has 1 fully saturated rings. The highest BCUT2D eigenvalue weighted by atomic mass is 35.5. The van der Waals surface area contributed by atoms with Crippen molar-refractivity contribution < 1.29 is 14.3 Å². The first-order valence-corrected chi connectivity index (χ1v) is 8.55. The van der Waals surface area contributed by atoms with Crippen molar-refractivity contribution in [2.45, 2.75) is 12.8 Å². The fourth-order valence-corrected chi connectivity index (χ4v) is 2.49. The fourth-order valence-electron chi connectivity index (χ4n) is 2.15. The summed E-state index contributed by atoms with van der Waals surface area (Å²) >= 11 is 11.8. The SMILES string of the molecule is O=C(COc1cc(Cl)ccc1Cl)Nc1ccc(NC(=O)C2CC2)cc1. The van der Waals surface area contributed by atoms with Crippen molar-refractivity contribution in [1.29, 1.82) is 0 Å². The molecule has 2 aromatic rings. The molecule has 1 saturated carbocycles. The summed E-state index contributed by atoms with van der Waals surface area (Å²) in [7, 11) is 0. The zero-order chi connectivity index (χ0) is 17.8. The summed E-state index contributed by atoms with van der Waals surface area (Å²) in [5.41, 5.74) is 1.31. The molecule has 0 spiro atoms. The third kappa shape index (κ3) is 5.11.